The number of fused-ring (bicyclic) bond motifs is 1. The first-order chi connectivity index (χ1) is 11.5. The maximum Gasteiger partial charge on any atom is 0.319 e. The van der Waals surface area contributed by atoms with Crippen LogP contribution in [0.2, 0.25) is 5.02 Å². The van der Waals surface area contributed by atoms with Crippen molar-refractivity contribution in [3.63, 3.8) is 0 Å². The number of halogens is 1. The standard InChI is InChI=1S/C17H18ClN5O/c1-11(2)23-16-13(9-21-23)7-15(10-19-16)22-17(24)20-8-12-4-3-5-14(18)6-12/h3-7,9-11H,8H2,1-2H3,(H2,20,22,24). The average Bonchev–Trinajstić information content (AvgIpc) is 2.96. The number of pyridine rings is 1. The summed E-state index contributed by atoms with van der Waals surface area (Å²) in [4.78, 5) is 16.4. The van der Waals surface area contributed by atoms with E-state index >= 15 is 0 Å². The predicted octanol–water partition coefficient (Wildman–Crippen LogP) is 3.99. The van der Waals surface area contributed by atoms with Gasteiger partial charge in [-0.2, -0.15) is 5.10 Å². The van der Waals surface area contributed by atoms with Crippen LogP contribution in [0.1, 0.15) is 25.5 Å². The quantitative estimate of drug-likeness (QED) is 0.752. The summed E-state index contributed by atoms with van der Waals surface area (Å²) >= 11 is 5.93. The zero-order chi connectivity index (χ0) is 17.1. The van der Waals surface area contributed by atoms with Crippen LogP contribution in [0, 0.1) is 0 Å². The number of benzene rings is 1. The van der Waals surface area contributed by atoms with Gasteiger partial charge in [-0.1, -0.05) is 23.7 Å². The van der Waals surface area contributed by atoms with E-state index in [2.05, 4.69) is 20.7 Å². The molecule has 0 unspecified atom stereocenters. The summed E-state index contributed by atoms with van der Waals surface area (Å²) in [7, 11) is 0. The lowest BCUT2D eigenvalue weighted by molar-refractivity contribution is 0.251. The van der Waals surface area contributed by atoms with Crippen molar-refractivity contribution in [2.45, 2.75) is 26.4 Å². The van der Waals surface area contributed by atoms with Crippen LogP contribution < -0.4 is 10.6 Å². The Morgan fingerprint density at radius 1 is 1.29 bits per heavy atom. The van der Waals surface area contributed by atoms with Gasteiger partial charge in [-0.15, -0.1) is 0 Å². The van der Waals surface area contributed by atoms with E-state index in [1.807, 2.05) is 42.8 Å². The molecule has 3 aromatic rings. The molecule has 2 heterocycles. The number of anilines is 1. The Bertz CT molecular complexity index is 874. The molecule has 0 bridgehead atoms. The minimum Gasteiger partial charge on any atom is -0.334 e. The zero-order valence-electron chi connectivity index (χ0n) is 13.5. The molecule has 0 atom stereocenters. The average molecular weight is 344 g/mol. The van der Waals surface area contributed by atoms with Gasteiger partial charge in [-0.3, -0.25) is 0 Å². The van der Waals surface area contributed by atoms with Gasteiger partial charge in [-0.25, -0.2) is 14.5 Å². The van der Waals surface area contributed by atoms with Crippen LogP contribution in [0.4, 0.5) is 10.5 Å². The predicted molar refractivity (Wildman–Crippen MR) is 95.2 cm³/mol. The molecule has 24 heavy (non-hydrogen) atoms. The fraction of sp³-hybridized carbons (Fsp3) is 0.235. The monoisotopic (exact) mass is 343 g/mol. The normalized spacial score (nSPS) is 11.0. The fourth-order valence-corrected chi connectivity index (χ4v) is 2.60. The molecular weight excluding hydrogens is 326 g/mol. The zero-order valence-corrected chi connectivity index (χ0v) is 14.2. The van der Waals surface area contributed by atoms with E-state index in [9.17, 15) is 4.79 Å². The number of nitrogens with zero attached hydrogens (tertiary/aromatic N) is 3. The van der Waals surface area contributed by atoms with Gasteiger partial charge in [0.25, 0.3) is 0 Å². The van der Waals surface area contributed by atoms with Crippen LogP contribution in [0.15, 0.2) is 42.7 Å². The summed E-state index contributed by atoms with van der Waals surface area (Å²) in [6.45, 7) is 4.49. The van der Waals surface area contributed by atoms with E-state index in [-0.39, 0.29) is 12.1 Å². The van der Waals surface area contributed by atoms with Crippen LogP contribution in [0.3, 0.4) is 0 Å². The molecule has 0 aliphatic heterocycles. The van der Waals surface area contributed by atoms with Gasteiger partial charge in [0.1, 0.15) is 0 Å². The van der Waals surface area contributed by atoms with E-state index in [1.165, 1.54) is 0 Å². The van der Waals surface area contributed by atoms with E-state index in [4.69, 9.17) is 11.6 Å². The number of carbonyl (C=O) groups is 1. The Hall–Kier alpha value is -2.60. The lowest BCUT2D eigenvalue weighted by Crippen LogP contribution is -2.28. The van der Waals surface area contributed by atoms with Crippen molar-refractivity contribution in [1.82, 2.24) is 20.1 Å². The largest absolute Gasteiger partial charge is 0.334 e. The number of hydrogen-bond donors (Lipinski definition) is 2. The maximum absolute atomic E-state index is 12.0. The van der Waals surface area contributed by atoms with Gasteiger partial charge in [0.15, 0.2) is 5.65 Å². The first kappa shape index (κ1) is 16.3. The number of hydrogen-bond acceptors (Lipinski definition) is 3. The molecule has 0 aliphatic rings. The minimum atomic E-state index is -0.299. The SMILES string of the molecule is CC(C)n1ncc2cc(NC(=O)NCc3cccc(Cl)c3)cnc21. The van der Waals surface area contributed by atoms with Crippen molar-refractivity contribution in [3.05, 3.63) is 53.3 Å². The van der Waals surface area contributed by atoms with Crippen molar-refractivity contribution >= 4 is 34.4 Å². The van der Waals surface area contributed by atoms with Gasteiger partial charge in [0.2, 0.25) is 0 Å². The molecule has 0 saturated heterocycles. The number of carbonyl (C=O) groups excluding carboxylic acids is 1. The van der Waals surface area contributed by atoms with Crippen molar-refractivity contribution in [3.8, 4) is 0 Å². The molecule has 2 aromatic heterocycles. The molecule has 6 nitrogen and oxygen atoms in total. The molecule has 0 aliphatic carbocycles. The summed E-state index contributed by atoms with van der Waals surface area (Å²) in [5.41, 5.74) is 2.36. The Morgan fingerprint density at radius 2 is 2.12 bits per heavy atom. The molecule has 0 spiro atoms. The van der Waals surface area contributed by atoms with E-state index in [1.54, 1.807) is 18.5 Å². The second-order valence-electron chi connectivity index (χ2n) is 5.76. The summed E-state index contributed by atoms with van der Waals surface area (Å²) in [5, 5.41) is 11.4. The summed E-state index contributed by atoms with van der Waals surface area (Å²) < 4.78 is 1.85. The highest BCUT2D eigenvalue weighted by atomic mass is 35.5. The van der Waals surface area contributed by atoms with Crippen LogP contribution in [-0.4, -0.2) is 20.8 Å². The first-order valence-corrected chi connectivity index (χ1v) is 8.03. The number of aromatic nitrogens is 3. The fourth-order valence-electron chi connectivity index (χ4n) is 2.39. The highest BCUT2D eigenvalue weighted by Gasteiger charge is 2.09. The second kappa shape index (κ2) is 6.88. The molecular formula is C17H18ClN5O. The summed E-state index contributed by atoms with van der Waals surface area (Å²) in [6, 6.07) is 9.15. The number of urea groups is 1. The minimum absolute atomic E-state index is 0.231. The molecule has 2 amide bonds. The van der Waals surface area contributed by atoms with Gasteiger partial charge < -0.3 is 10.6 Å². The van der Waals surface area contributed by atoms with E-state index < -0.39 is 0 Å². The number of amides is 2. The van der Waals surface area contributed by atoms with Gasteiger partial charge in [0, 0.05) is 23.0 Å². The molecule has 7 heteroatoms. The van der Waals surface area contributed by atoms with E-state index in [0.29, 0.717) is 17.3 Å². The van der Waals surface area contributed by atoms with Gasteiger partial charge >= 0.3 is 6.03 Å². The van der Waals surface area contributed by atoms with Crippen molar-refractivity contribution in [2.75, 3.05) is 5.32 Å². The van der Waals surface area contributed by atoms with E-state index in [0.717, 1.165) is 16.6 Å². The third-order valence-electron chi connectivity index (χ3n) is 3.52. The molecule has 3 rings (SSSR count). The smallest absolute Gasteiger partial charge is 0.319 e. The van der Waals surface area contributed by atoms with Crippen molar-refractivity contribution in [1.29, 1.82) is 0 Å². The molecule has 124 valence electrons. The van der Waals surface area contributed by atoms with Gasteiger partial charge in [-0.05, 0) is 37.6 Å². The Balaban J connectivity index is 1.65. The molecule has 2 N–H and O–H groups in total. The third kappa shape index (κ3) is 3.65. The number of rotatable bonds is 4. The molecule has 1 aromatic carbocycles. The van der Waals surface area contributed by atoms with Gasteiger partial charge in [0.05, 0.1) is 18.1 Å². The van der Waals surface area contributed by atoms with Crippen LogP contribution in [-0.2, 0) is 6.54 Å². The molecule has 0 saturated carbocycles. The topological polar surface area (TPSA) is 71.8 Å². The first-order valence-electron chi connectivity index (χ1n) is 7.65. The van der Waals surface area contributed by atoms with Crippen molar-refractivity contribution in [2.24, 2.45) is 0 Å². The van der Waals surface area contributed by atoms with Crippen LogP contribution in [0.25, 0.3) is 11.0 Å². The molecule has 0 radical (unpaired) electrons. The van der Waals surface area contributed by atoms with Crippen LogP contribution >= 0.6 is 11.6 Å². The highest BCUT2D eigenvalue weighted by molar-refractivity contribution is 6.30. The highest BCUT2D eigenvalue weighted by Crippen LogP contribution is 2.19. The summed E-state index contributed by atoms with van der Waals surface area (Å²) in [5.74, 6) is 0. The lowest BCUT2D eigenvalue weighted by Gasteiger charge is -2.09. The van der Waals surface area contributed by atoms with Crippen LogP contribution in [0.5, 0.6) is 0 Å². The Labute approximate surface area is 144 Å². The lowest BCUT2D eigenvalue weighted by atomic mass is 10.2. The maximum atomic E-state index is 12.0. The second-order valence-corrected chi connectivity index (χ2v) is 6.19. The Kier molecular flexibility index (Phi) is 4.66. The van der Waals surface area contributed by atoms with Crippen molar-refractivity contribution < 1.29 is 4.79 Å². The third-order valence-corrected chi connectivity index (χ3v) is 3.76. The number of nitrogens with one attached hydrogen (secondary N) is 2. The Morgan fingerprint density at radius 3 is 2.88 bits per heavy atom. The molecule has 0 fully saturated rings. The summed E-state index contributed by atoms with van der Waals surface area (Å²) in [6.07, 6.45) is 3.37.